The highest BCUT2D eigenvalue weighted by molar-refractivity contribution is 9.10. The zero-order valence-electron chi connectivity index (χ0n) is 12.7. The van der Waals surface area contributed by atoms with E-state index in [9.17, 15) is 9.18 Å². The second kappa shape index (κ2) is 5.91. The van der Waals surface area contributed by atoms with Gasteiger partial charge in [-0.2, -0.15) is 0 Å². The number of carbonyl (C=O) groups is 1. The Hall–Kier alpha value is -1.40. The molecule has 0 bridgehead atoms. The quantitative estimate of drug-likeness (QED) is 0.839. The highest BCUT2D eigenvalue weighted by atomic mass is 79.9. The Morgan fingerprint density at radius 3 is 3.00 bits per heavy atom. The molecule has 2 aliphatic rings. The van der Waals surface area contributed by atoms with Gasteiger partial charge in [0.2, 0.25) is 0 Å². The first-order valence-corrected chi connectivity index (χ1v) is 8.94. The number of halogens is 2. The standard InChI is InChI=1S/C17H19BrFN3O/c18-10-7-12(19)11-9-15(20-14(11)8-10)17(23)21-13-4-6-22-5-2-1-3-16(13)22/h7-9,13,16,20H,1-6H2,(H,21,23)/t13-,16-/m0/s1. The summed E-state index contributed by atoms with van der Waals surface area (Å²) < 4.78 is 14.6. The predicted molar refractivity (Wildman–Crippen MR) is 91.0 cm³/mol. The minimum atomic E-state index is -0.330. The molecule has 0 unspecified atom stereocenters. The van der Waals surface area contributed by atoms with Crippen molar-refractivity contribution in [2.45, 2.75) is 37.8 Å². The van der Waals surface area contributed by atoms with Gasteiger partial charge >= 0.3 is 0 Å². The van der Waals surface area contributed by atoms with Crippen LogP contribution in [0.1, 0.15) is 36.2 Å². The van der Waals surface area contributed by atoms with Gasteiger partial charge in [0.15, 0.2) is 0 Å². The molecule has 2 aromatic rings. The number of H-pyrrole nitrogens is 1. The molecule has 2 saturated heterocycles. The molecular formula is C17H19BrFN3O. The number of aromatic nitrogens is 1. The molecule has 0 radical (unpaired) electrons. The summed E-state index contributed by atoms with van der Waals surface area (Å²) in [4.78, 5) is 18.1. The van der Waals surface area contributed by atoms with Crippen molar-refractivity contribution < 1.29 is 9.18 Å². The van der Waals surface area contributed by atoms with Crippen LogP contribution in [-0.4, -0.2) is 41.0 Å². The SMILES string of the molecule is O=C(N[C@H]1CCN2CCCC[C@@H]12)c1cc2c(F)cc(Br)cc2[nH]1. The molecule has 1 amide bonds. The highest BCUT2D eigenvalue weighted by Crippen LogP contribution is 2.28. The smallest absolute Gasteiger partial charge is 0.268 e. The molecule has 2 aliphatic heterocycles. The molecule has 2 fully saturated rings. The molecular weight excluding hydrogens is 361 g/mol. The lowest BCUT2D eigenvalue weighted by Gasteiger charge is -2.32. The summed E-state index contributed by atoms with van der Waals surface area (Å²) in [5, 5.41) is 3.59. The van der Waals surface area contributed by atoms with Crippen LogP contribution in [0, 0.1) is 5.82 Å². The fraction of sp³-hybridized carbons (Fsp3) is 0.471. The van der Waals surface area contributed by atoms with Gasteiger partial charge in [0.1, 0.15) is 11.5 Å². The maximum Gasteiger partial charge on any atom is 0.268 e. The third kappa shape index (κ3) is 2.78. The van der Waals surface area contributed by atoms with Gasteiger partial charge in [0.25, 0.3) is 5.91 Å². The normalized spacial score (nSPS) is 24.8. The summed E-state index contributed by atoms with van der Waals surface area (Å²) in [6.07, 6.45) is 4.64. The Morgan fingerprint density at radius 2 is 2.13 bits per heavy atom. The van der Waals surface area contributed by atoms with Crippen molar-refractivity contribution in [1.82, 2.24) is 15.2 Å². The average Bonchev–Trinajstić information content (AvgIpc) is 3.12. The number of amides is 1. The zero-order chi connectivity index (χ0) is 16.0. The summed E-state index contributed by atoms with van der Waals surface area (Å²) in [5.74, 6) is -0.474. The van der Waals surface area contributed by atoms with Crippen LogP contribution in [0.2, 0.25) is 0 Å². The van der Waals surface area contributed by atoms with E-state index in [1.54, 1.807) is 12.1 Å². The van der Waals surface area contributed by atoms with Crippen LogP contribution in [0.3, 0.4) is 0 Å². The van der Waals surface area contributed by atoms with Crippen molar-refractivity contribution in [3.05, 3.63) is 34.2 Å². The van der Waals surface area contributed by atoms with Gasteiger partial charge in [-0.3, -0.25) is 9.69 Å². The molecule has 2 atom stereocenters. The van der Waals surface area contributed by atoms with Crippen LogP contribution in [0.25, 0.3) is 10.9 Å². The molecule has 1 aromatic heterocycles. The van der Waals surface area contributed by atoms with Crippen molar-refractivity contribution in [1.29, 1.82) is 0 Å². The Balaban J connectivity index is 1.54. The lowest BCUT2D eigenvalue weighted by Crippen LogP contribution is -2.46. The van der Waals surface area contributed by atoms with Crippen LogP contribution in [-0.2, 0) is 0 Å². The van der Waals surface area contributed by atoms with E-state index in [4.69, 9.17) is 0 Å². The van der Waals surface area contributed by atoms with Gasteiger partial charge in [-0.15, -0.1) is 0 Å². The van der Waals surface area contributed by atoms with Crippen LogP contribution in [0.15, 0.2) is 22.7 Å². The Morgan fingerprint density at radius 1 is 1.26 bits per heavy atom. The number of rotatable bonds is 2. The Labute approximate surface area is 142 Å². The van der Waals surface area contributed by atoms with Gasteiger partial charge in [-0.1, -0.05) is 22.4 Å². The number of carbonyl (C=O) groups excluding carboxylic acids is 1. The summed E-state index contributed by atoms with van der Waals surface area (Å²) in [5.41, 5.74) is 1.05. The summed E-state index contributed by atoms with van der Waals surface area (Å²) in [6, 6.07) is 5.45. The number of aromatic amines is 1. The number of fused-ring (bicyclic) bond motifs is 2. The van der Waals surface area contributed by atoms with Crippen molar-refractivity contribution in [2.24, 2.45) is 0 Å². The fourth-order valence-electron chi connectivity index (χ4n) is 3.94. The second-order valence-electron chi connectivity index (χ2n) is 6.50. The predicted octanol–water partition coefficient (Wildman–Crippen LogP) is 3.43. The van der Waals surface area contributed by atoms with E-state index in [1.165, 1.54) is 18.9 Å². The minimum absolute atomic E-state index is 0.144. The Kier molecular flexibility index (Phi) is 3.89. The number of nitrogens with one attached hydrogen (secondary N) is 2. The first-order chi connectivity index (χ1) is 11.1. The van der Waals surface area contributed by atoms with Crippen LogP contribution in [0.5, 0.6) is 0 Å². The van der Waals surface area contributed by atoms with E-state index in [-0.39, 0.29) is 17.8 Å². The monoisotopic (exact) mass is 379 g/mol. The van der Waals surface area contributed by atoms with Crippen LogP contribution in [0.4, 0.5) is 4.39 Å². The lowest BCUT2D eigenvalue weighted by molar-refractivity contribution is 0.0911. The zero-order valence-corrected chi connectivity index (χ0v) is 14.3. The fourth-order valence-corrected chi connectivity index (χ4v) is 4.37. The molecule has 23 heavy (non-hydrogen) atoms. The van der Waals surface area contributed by atoms with E-state index in [2.05, 4.69) is 31.1 Å². The van der Waals surface area contributed by atoms with E-state index >= 15 is 0 Å². The maximum atomic E-state index is 14.0. The molecule has 0 saturated carbocycles. The van der Waals surface area contributed by atoms with Crippen molar-refractivity contribution in [2.75, 3.05) is 13.1 Å². The largest absolute Gasteiger partial charge is 0.350 e. The molecule has 122 valence electrons. The number of piperidine rings is 1. The number of hydrogen-bond acceptors (Lipinski definition) is 2. The summed E-state index contributed by atoms with van der Waals surface area (Å²) in [6.45, 7) is 2.20. The van der Waals surface area contributed by atoms with Crippen LogP contribution < -0.4 is 5.32 Å². The number of hydrogen-bond donors (Lipinski definition) is 2. The van der Waals surface area contributed by atoms with Gasteiger partial charge in [0.05, 0.1) is 5.52 Å². The molecule has 2 N–H and O–H groups in total. The topological polar surface area (TPSA) is 48.1 Å². The minimum Gasteiger partial charge on any atom is -0.350 e. The van der Waals surface area contributed by atoms with Gasteiger partial charge in [-0.25, -0.2) is 4.39 Å². The van der Waals surface area contributed by atoms with Gasteiger partial charge < -0.3 is 10.3 Å². The van der Waals surface area contributed by atoms with E-state index in [0.29, 0.717) is 27.1 Å². The first-order valence-electron chi connectivity index (χ1n) is 8.14. The van der Waals surface area contributed by atoms with Gasteiger partial charge in [0, 0.05) is 28.5 Å². The molecule has 4 rings (SSSR count). The molecule has 3 heterocycles. The van der Waals surface area contributed by atoms with Crippen LogP contribution >= 0.6 is 15.9 Å². The summed E-state index contributed by atoms with van der Waals surface area (Å²) in [7, 11) is 0. The van der Waals surface area contributed by atoms with Crippen molar-refractivity contribution in [3.8, 4) is 0 Å². The van der Waals surface area contributed by atoms with Gasteiger partial charge in [-0.05, 0) is 44.0 Å². The lowest BCUT2D eigenvalue weighted by atomic mass is 9.99. The third-order valence-corrected chi connectivity index (χ3v) is 5.53. The Bertz CT molecular complexity index is 760. The molecule has 4 nitrogen and oxygen atoms in total. The molecule has 0 aliphatic carbocycles. The molecule has 1 aromatic carbocycles. The van der Waals surface area contributed by atoms with E-state index < -0.39 is 0 Å². The highest BCUT2D eigenvalue weighted by Gasteiger charge is 2.36. The van der Waals surface area contributed by atoms with E-state index in [1.807, 2.05) is 0 Å². The second-order valence-corrected chi connectivity index (χ2v) is 7.42. The molecule has 0 spiro atoms. The maximum absolute atomic E-state index is 14.0. The first kappa shape index (κ1) is 15.1. The van der Waals surface area contributed by atoms with E-state index in [0.717, 1.165) is 25.9 Å². The number of nitrogens with zero attached hydrogens (tertiary/aromatic N) is 1. The average molecular weight is 380 g/mol. The third-order valence-electron chi connectivity index (χ3n) is 5.07. The molecule has 6 heteroatoms. The summed E-state index contributed by atoms with van der Waals surface area (Å²) >= 11 is 3.27. The van der Waals surface area contributed by atoms with Crippen molar-refractivity contribution >= 4 is 32.7 Å². The van der Waals surface area contributed by atoms with Crippen molar-refractivity contribution in [3.63, 3.8) is 0 Å². The number of benzene rings is 1.